The number of thiophene rings is 2. The molecule has 0 N–H and O–H groups in total. The first-order valence-corrected chi connectivity index (χ1v) is 5.79. The van der Waals surface area contributed by atoms with Crippen LogP contribution in [-0.2, 0) is 0 Å². The third-order valence-electron chi connectivity index (χ3n) is 1.53. The molecule has 0 aliphatic rings. The van der Waals surface area contributed by atoms with Crippen LogP contribution in [0, 0.1) is 0 Å². The van der Waals surface area contributed by atoms with E-state index in [4.69, 9.17) is 0 Å². The molecule has 12 heavy (non-hydrogen) atoms. The van der Waals surface area contributed by atoms with Crippen molar-refractivity contribution in [3.05, 3.63) is 20.8 Å². The van der Waals surface area contributed by atoms with Gasteiger partial charge in [0.25, 0.3) is 0 Å². The van der Waals surface area contributed by atoms with Crippen LogP contribution >= 0.6 is 38.6 Å². The van der Waals surface area contributed by atoms with Gasteiger partial charge in [0, 0.05) is 5.39 Å². The SMILES string of the molecule is CC(=O)c1cc2cc(Br)sc2s1. The molecule has 1 nitrogen and oxygen atoms in total. The first-order chi connectivity index (χ1) is 5.66. The Balaban J connectivity index is 2.64. The molecule has 2 aromatic heterocycles. The Bertz CT molecular complexity index is 409. The maximum absolute atomic E-state index is 11.0. The van der Waals surface area contributed by atoms with Crippen LogP contribution in [0.3, 0.4) is 0 Å². The number of hydrogen-bond acceptors (Lipinski definition) is 3. The summed E-state index contributed by atoms with van der Waals surface area (Å²) in [6.07, 6.45) is 0. The maximum atomic E-state index is 11.0. The minimum Gasteiger partial charge on any atom is -0.294 e. The predicted octanol–water partition coefficient (Wildman–Crippen LogP) is 3.93. The second-order valence-electron chi connectivity index (χ2n) is 2.46. The lowest BCUT2D eigenvalue weighted by atomic mass is 10.3. The van der Waals surface area contributed by atoms with E-state index in [1.165, 1.54) is 9.40 Å². The lowest BCUT2D eigenvalue weighted by molar-refractivity contribution is 0.102. The Kier molecular flexibility index (Phi) is 2.06. The molecule has 0 fully saturated rings. The highest BCUT2D eigenvalue weighted by molar-refractivity contribution is 9.11. The van der Waals surface area contributed by atoms with Crippen LogP contribution in [-0.4, -0.2) is 5.78 Å². The third kappa shape index (κ3) is 1.34. The highest BCUT2D eigenvalue weighted by atomic mass is 79.9. The molecule has 62 valence electrons. The molecule has 4 heteroatoms. The summed E-state index contributed by atoms with van der Waals surface area (Å²) in [5, 5.41) is 1.17. The molecule has 0 radical (unpaired) electrons. The lowest BCUT2D eigenvalue weighted by Gasteiger charge is -1.81. The van der Waals surface area contributed by atoms with E-state index in [1.54, 1.807) is 29.6 Å². The van der Waals surface area contributed by atoms with Crippen molar-refractivity contribution in [3.63, 3.8) is 0 Å². The fourth-order valence-corrected chi connectivity index (χ4v) is 4.11. The normalized spacial score (nSPS) is 10.8. The number of rotatable bonds is 1. The van der Waals surface area contributed by atoms with E-state index in [1.807, 2.05) is 12.1 Å². The van der Waals surface area contributed by atoms with Gasteiger partial charge in [0.15, 0.2) is 5.78 Å². The smallest absolute Gasteiger partial charge is 0.169 e. The van der Waals surface area contributed by atoms with Gasteiger partial charge in [-0.15, -0.1) is 22.7 Å². The van der Waals surface area contributed by atoms with Crippen LogP contribution in [0.2, 0.25) is 0 Å². The zero-order valence-corrected chi connectivity index (χ0v) is 9.48. The minimum atomic E-state index is 0.152. The summed E-state index contributed by atoms with van der Waals surface area (Å²) in [7, 11) is 0. The van der Waals surface area contributed by atoms with Crippen molar-refractivity contribution in [2.45, 2.75) is 6.92 Å². The Morgan fingerprint density at radius 2 is 2.17 bits per heavy atom. The van der Waals surface area contributed by atoms with E-state index in [9.17, 15) is 4.79 Å². The van der Waals surface area contributed by atoms with Crippen molar-refractivity contribution in [1.82, 2.24) is 0 Å². The Morgan fingerprint density at radius 1 is 1.42 bits per heavy atom. The fourth-order valence-electron chi connectivity index (χ4n) is 0.983. The summed E-state index contributed by atoms with van der Waals surface area (Å²) >= 11 is 6.64. The molecule has 0 aliphatic carbocycles. The molecule has 2 heterocycles. The Morgan fingerprint density at radius 3 is 2.75 bits per heavy atom. The van der Waals surface area contributed by atoms with E-state index in [0.717, 1.165) is 8.66 Å². The fraction of sp³-hybridized carbons (Fsp3) is 0.125. The number of ketones is 1. The lowest BCUT2D eigenvalue weighted by Crippen LogP contribution is -1.83. The van der Waals surface area contributed by atoms with E-state index in [-0.39, 0.29) is 5.78 Å². The van der Waals surface area contributed by atoms with E-state index in [2.05, 4.69) is 15.9 Å². The van der Waals surface area contributed by atoms with Crippen molar-refractivity contribution in [2.24, 2.45) is 0 Å². The summed E-state index contributed by atoms with van der Waals surface area (Å²) in [4.78, 5) is 11.9. The molecular weight excluding hydrogens is 256 g/mol. The summed E-state index contributed by atoms with van der Waals surface area (Å²) in [6, 6.07) is 3.99. The van der Waals surface area contributed by atoms with Crippen molar-refractivity contribution in [2.75, 3.05) is 0 Å². The standard InChI is InChI=1S/C8H5BrOS2/c1-4(10)6-2-5-3-7(9)12-8(5)11-6/h2-3H,1H3. The second-order valence-corrected chi connectivity index (χ2v) is 6.20. The molecule has 0 saturated heterocycles. The zero-order chi connectivity index (χ0) is 8.72. The number of hydrogen-bond donors (Lipinski definition) is 0. The first kappa shape index (κ1) is 8.41. The van der Waals surface area contributed by atoms with Gasteiger partial charge in [-0.2, -0.15) is 0 Å². The molecule has 0 amide bonds. The van der Waals surface area contributed by atoms with Gasteiger partial charge in [0.1, 0.15) is 0 Å². The Labute approximate surface area is 86.2 Å². The van der Waals surface area contributed by atoms with Gasteiger partial charge >= 0.3 is 0 Å². The third-order valence-corrected chi connectivity index (χ3v) is 4.53. The zero-order valence-electron chi connectivity index (χ0n) is 6.26. The molecular formula is C8H5BrOS2. The molecule has 0 aromatic carbocycles. The molecule has 0 aliphatic heterocycles. The topological polar surface area (TPSA) is 17.1 Å². The Hall–Kier alpha value is -0.190. The summed E-state index contributed by atoms with van der Waals surface area (Å²) in [5.41, 5.74) is 0. The monoisotopic (exact) mass is 260 g/mol. The van der Waals surface area contributed by atoms with Crippen LogP contribution in [0.1, 0.15) is 16.6 Å². The van der Waals surface area contributed by atoms with E-state index >= 15 is 0 Å². The van der Waals surface area contributed by atoms with Crippen LogP contribution in [0.5, 0.6) is 0 Å². The highest BCUT2D eigenvalue weighted by Gasteiger charge is 2.07. The molecule has 0 atom stereocenters. The van der Waals surface area contributed by atoms with Crippen molar-refractivity contribution >= 4 is 53.8 Å². The van der Waals surface area contributed by atoms with Crippen molar-refractivity contribution < 1.29 is 4.79 Å². The van der Waals surface area contributed by atoms with Crippen LogP contribution < -0.4 is 0 Å². The first-order valence-electron chi connectivity index (χ1n) is 3.36. The van der Waals surface area contributed by atoms with Gasteiger partial charge in [0.2, 0.25) is 0 Å². The maximum Gasteiger partial charge on any atom is 0.169 e. The number of halogens is 1. The number of carbonyl (C=O) groups excluding carboxylic acids is 1. The quantitative estimate of drug-likeness (QED) is 0.711. The van der Waals surface area contributed by atoms with Crippen LogP contribution in [0.15, 0.2) is 15.9 Å². The predicted molar refractivity (Wildman–Crippen MR) is 57.4 cm³/mol. The van der Waals surface area contributed by atoms with Crippen molar-refractivity contribution in [1.29, 1.82) is 0 Å². The second kappa shape index (κ2) is 2.94. The molecule has 0 bridgehead atoms. The molecule has 0 saturated carbocycles. The average molecular weight is 261 g/mol. The number of fused-ring (bicyclic) bond motifs is 1. The molecule has 2 rings (SSSR count). The van der Waals surface area contributed by atoms with E-state index in [0.29, 0.717) is 0 Å². The van der Waals surface area contributed by atoms with Crippen LogP contribution in [0.25, 0.3) is 9.40 Å². The van der Waals surface area contributed by atoms with Gasteiger partial charge < -0.3 is 0 Å². The highest BCUT2D eigenvalue weighted by Crippen LogP contribution is 2.36. The largest absolute Gasteiger partial charge is 0.294 e. The molecule has 0 unspecified atom stereocenters. The number of carbonyl (C=O) groups is 1. The minimum absolute atomic E-state index is 0.152. The van der Waals surface area contributed by atoms with Gasteiger partial charge in [-0.25, -0.2) is 0 Å². The van der Waals surface area contributed by atoms with Gasteiger partial charge in [-0.3, -0.25) is 4.79 Å². The average Bonchev–Trinajstić information content (AvgIpc) is 2.42. The van der Waals surface area contributed by atoms with Gasteiger partial charge in [0.05, 0.1) is 12.7 Å². The summed E-state index contributed by atoms with van der Waals surface area (Å²) < 4.78 is 2.34. The van der Waals surface area contributed by atoms with Crippen LogP contribution in [0.4, 0.5) is 0 Å². The summed E-state index contributed by atoms with van der Waals surface area (Å²) in [6.45, 7) is 1.60. The van der Waals surface area contributed by atoms with Gasteiger partial charge in [-0.05, 0) is 35.0 Å². The van der Waals surface area contributed by atoms with Gasteiger partial charge in [-0.1, -0.05) is 0 Å². The number of Topliss-reactive ketones (excluding diaryl/α,β-unsaturated/α-hetero) is 1. The van der Waals surface area contributed by atoms with E-state index < -0.39 is 0 Å². The summed E-state index contributed by atoms with van der Waals surface area (Å²) in [5.74, 6) is 0.152. The van der Waals surface area contributed by atoms with Crippen molar-refractivity contribution in [3.8, 4) is 0 Å². The molecule has 0 spiro atoms. The molecule has 2 aromatic rings.